The molecule has 2 N–H and O–H groups in total. The third-order valence-corrected chi connectivity index (χ3v) is 2.73. The van der Waals surface area contributed by atoms with Crippen molar-refractivity contribution >= 4 is 17.9 Å². The summed E-state index contributed by atoms with van der Waals surface area (Å²) in [7, 11) is 0. The Morgan fingerprint density at radius 1 is 1.26 bits per heavy atom. The van der Waals surface area contributed by atoms with Gasteiger partial charge < -0.3 is 10.1 Å². The first-order valence-electron chi connectivity index (χ1n) is 5.96. The Morgan fingerprint density at radius 2 is 2.00 bits per heavy atom. The lowest BCUT2D eigenvalue weighted by atomic mass is 10.1. The number of imide groups is 1. The Morgan fingerprint density at radius 3 is 2.74 bits per heavy atom. The molecule has 3 amide bonds. The molecule has 19 heavy (non-hydrogen) atoms. The average Bonchev–Trinajstić information content (AvgIpc) is 2.58. The molecule has 1 aliphatic heterocycles. The van der Waals surface area contributed by atoms with Crippen LogP contribution in [0.25, 0.3) is 0 Å². The molecule has 1 aromatic rings. The molecule has 0 aromatic heterocycles. The van der Waals surface area contributed by atoms with Crippen molar-refractivity contribution in [3.8, 4) is 0 Å². The fourth-order valence-corrected chi connectivity index (χ4v) is 1.74. The minimum Gasteiger partial charge on any atom is -0.459 e. The molecule has 0 saturated carbocycles. The van der Waals surface area contributed by atoms with Gasteiger partial charge in [0.2, 0.25) is 5.91 Å². The molecule has 0 bridgehead atoms. The van der Waals surface area contributed by atoms with Gasteiger partial charge in [0.05, 0.1) is 0 Å². The predicted octanol–water partition coefficient (Wildman–Crippen LogP) is 0.718. The highest BCUT2D eigenvalue weighted by molar-refractivity contribution is 5.97. The number of esters is 1. The van der Waals surface area contributed by atoms with Gasteiger partial charge in [0, 0.05) is 6.42 Å². The Bertz CT molecular complexity index is 487. The molecule has 0 spiro atoms. The number of hydrogen-bond acceptors (Lipinski definition) is 4. The quantitative estimate of drug-likeness (QED) is 0.786. The average molecular weight is 262 g/mol. The minimum atomic E-state index is -0.782. The molecular weight excluding hydrogens is 248 g/mol. The van der Waals surface area contributed by atoms with Crippen LogP contribution in [0.1, 0.15) is 18.4 Å². The fraction of sp³-hybridized carbons (Fsp3) is 0.308. The zero-order valence-electron chi connectivity index (χ0n) is 10.2. The summed E-state index contributed by atoms with van der Waals surface area (Å²) < 4.78 is 5.11. The van der Waals surface area contributed by atoms with Crippen LogP contribution in [0.4, 0.5) is 4.79 Å². The van der Waals surface area contributed by atoms with E-state index >= 15 is 0 Å². The largest absolute Gasteiger partial charge is 0.459 e. The molecule has 1 saturated heterocycles. The van der Waals surface area contributed by atoms with E-state index in [0.717, 1.165) is 5.56 Å². The monoisotopic (exact) mass is 262 g/mol. The highest BCUT2D eigenvalue weighted by Crippen LogP contribution is 2.06. The number of benzene rings is 1. The van der Waals surface area contributed by atoms with Gasteiger partial charge in [-0.05, 0) is 12.0 Å². The summed E-state index contributed by atoms with van der Waals surface area (Å²) in [4.78, 5) is 34.1. The van der Waals surface area contributed by atoms with Crippen molar-refractivity contribution in [3.05, 3.63) is 35.9 Å². The number of carbonyl (C=O) groups excluding carboxylic acids is 3. The smallest absolute Gasteiger partial charge is 0.329 e. The molecule has 100 valence electrons. The summed E-state index contributed by atoms with van der Waals surface area (Å²) in [6, 6.07) is 7.79. The van der Waals surface area contributed by atoms with Gasteiger partial charge in [0.25, 0.3) is 0 Å². The molecule has 1 aliphatic rings. The maximum Gasteiger partial charge on any atom is 0.329 e. The number of urea groups is 1. The number of nitrogens with one attached hydrogen (secondary N) is 2. The van der Waals surface area contributed by atoms with Crippen LogP contribution >= 0.6 is 0 Å². The van der Waals surface area contributed by atoms with E-state index in [1.807, 2.05) is 30.3 Å². The maximum atomic E-state index is 11.8. The molecule has 6 heteroatoms. The molecule has 2 rings (SSSR count). The molecule has 1 atom stereocenters. The highest BCUT2D eigenvalue weighted by atomic mass is 16.5. The third kappa shape index (κ3) is 3.80. The first-order valence-corrected chi connectivity index (χ1v) is 5.96. The lowest BCUT2D eigenvalue weighted by Crippen LogP contribution is -2.44. The second-order valence-electron chi connectivity index (χ2n) is 4.21. The molecule has 1 unspecified atom stereocenters. The summed E-state index contributed by atoms with van der Waals surface area (Å²) in [5.74, 6) is -0.926. The van der Waals surface area contributed by atoms with E-state index in [1.165, 1.54) is 0 Å². The Hall–Kier alpha value is -2.37. The van der Waals surface area contributed by atoms with E-state index in [1.54, 1.807) is 0 Å². The SMILES string of the molecule is O=C1CCC(C(=O)OCc2ccccc2)NC(=O)N1. The molecule has 0 radical (unpaired) electrons. The van der Waals surface area contributed by atoms with E-state index in [-0.39, 0.29) is 19.4 Å². The van der Waals surface area contributed by atoms with Crippen molar-refractivity contribution in [2.45, 2.75) is 25.5 Å². The lowest BCUT2D eigenvalue weighted by Gasteiger charge is -2.13. The standard InChI is InChI=1S/C13H14N2O4/c16-11-7-6-10(14-13(18)15-11)12(17)19-8-9-4-2-1-3-5-9/h1-5,10H,6-8H2,(H2,14,15,16,18). The van der Waals surface area contributed by atoms with Gasteiger partial charge in [0.1, 0.15) is 12.6 Å². The van der Waals surface area contributed by atoms with Crippen molar-refractivity contribution in [2.24, 2.45) is 0 Å². The molecule has 1 aromatic carbocycles. The van der Waals surface area contributed by atoms with Gasteiger partial charge >= 0.3 is 12.0 Å². The fourth-order valence-electron chi connectivity index (χ4n) is 1.74. The summed E-state index contributed by atoms with van der Waals surface area (Å²) in [5.41, 5.74) is 0.866. The van der Waals surface area contributed by atoms with Gasteiger partial charge in [-0.15, -0.1) is 0 Å². The lowest BCUT2D eigenvalue weighted by molar-refractivity contribution is -0.147. The van der Waals surface area contributed by atoms with Gasteiger partial charge in [-0.25, -0.2) is 9.59 Å². The van der Waals surface area contributed by atoms with Crippen molar-refractivity contribution in [2.75, 3.05) is 0 Å². The number of carbonyl (C=O) groups is 3. The molecule has 1 heterocycles. The van der Waals surface area contributed by atoms with Crippen LogP contribution in [0.5, 0.6) is 0 Å². The summed E-state index contributed by atoms with van der Waals surface area (Å²) in [6.45, 7) is 0.146. The van der Waals surface area contributed by atoms with Crippen molar-refractivity contribution in [1.29, 1.82) is 0 Å². The van der Waals surface area contributed by atoms with E-state index in [0.29, 0.717) is 0 Å². The first-order chi connectivity index (χ1) is 9.15. The van der Waals surface area contributed by atoms with Crippen molar-refractivity contribution < 1.29 is 19.1 Å². The first kappa shape index (κ1) is 13.1. The summed E-state index contributed by atoms with van der Waals surface area (Å²) in [6.07, 6.45) is 0.356. The summed E-state index contributed by atoms with van der Waals surface area (Å²) >= 11 is 0. The zero-order chi connectivity index (χ0) is 13.7. The van der Waals surface area contributed by atoms with Crippen molar-refractivity contribution in [1.82, 2.24) is 10.6 Å². The van der Waals surface area contributed by atoms with Crippen LogP contribution in [0.3, 0.4) is 0 Å². The third-order valence-electron chi connectivity index (χ3n) is 2.73. The molecule has 1 fully saturated rings. The van der Waals surface area contributed by atoms with E-state index in [4.69, 9.17) is 4.74 Å². The second-order valence-corrected chi connectivity index (χ2v) is 4.21. The molecular formula is C13H14N2O4. The normalized spacial score (nSPS) is 19.1. The Balaban J connectivity index is 1.89. The Kier molecular flexibility index (Phi) is 4.12. The van der Waals surface area contributed by atoms with Crippen LogP contribution in [0, 0.1) is 0 Å². The second kappa shape index (κ2) is 5.99. The van der Waals surface area contributed by atoms with Crippen LogP contribution in [0.2, 0.25) is 0 Å². The number of ether oxygens (including phenoxy) is 1. The van der Waals surface area contributed by atoms with Crippen LogP contribution in [-0.2, 0) is 20.9 Å². The van der Waals surface area contributed by atoms with E-state index < -0.39 is 23.9 Å². The summed E-state index contributed by atoms with van der Waals surface area (Å²) in [5, 5.41) is 4.50. The minimum absolute atomic E-state index is 0.115. The van der Waals surface area contributed by atoms with Crippen LogP contribution in [-0.4, -0.2) is 23.9 Å². The van der Waals surface area contributed by atoms with Crippen LogP contribution in [0.15, 0.2) is 30.3 Å². The topological polar surface area (TPSA) is 84.5 Å². The van der Waals surface area contributed by atoms with Gasteiger partial charge in [-0.2, -0.15) is 0 Å². The number of rotatable bonds is 3. The van der Waals surface area contributed by atoms with E-state index in [9.17, 15) is 14.4 Å². The zero-order valence-corrected chi connectivity index (χ0v) is 10.2. The maximum absolute atomic E-state index is 11.8. The van der Waals surface area contributed by atoms with Crippen LogP contribution < -0.4 is 10.6 Å². The van der Waals surface area contributed by atoms with Gasteiger partial charge in [-0.1, -0.05) is 30.3 Å². The number of amides is 3. The molecule has 6 nitrogen and oxygen atoms in total. The van der Waals surface area contributed by atoms with Crippen molar-refractivity contribution in [3.63, 3.8) is 0 Å². The highest BCUT2D eigenvalue weighted by Gasteiger charge is 2.27. The Labute approximate surface area is 110 Å². The molecule has 0 aliphatic carbocycles. The number of hydrogen-bond donors (Lipinski definition) is 2. The van der Waals surface area contributed by atoms with Gasteiger partial charge in [-0.3, -0.25) is 10.1 Å². The van der Waals surface area contributed by atoms with E-state index in [2.05, 4.69) is 10.6 Å². The van der Waals surface area contributed by atoms with Gasteiger partial charge in [0.15, 0.2) is 0 Å². The predicted molar refractivity (Wildman–Crippen MR) is 65.9 cm³/mol.